The monoisotopic (exact) mass is 263 g/mol. The Morgan fingerprint density at radius 3 is 2.42 bits per heavy atom. The number of carbonyl (C=O) groups excluding carboxylic acids is 2. The molecule has 0 heterocycles. The molecule has 19 heavy (non-hydrogen) atoms. The van der Waals surface area contributed by atoms with Crippen LogP contribution in [0.25, 0.3) is 0 Å². The fourth-order valence-electron chi connectivity index (χ4n) is 1.81. The van der Waals surface area contributed by atoms with Crippen molar-refractivity contribution < 1.29 is 14.3 Å². The lowest BCUT2D eigenvalue weighted by Crippen LogP contribution is -2.24. The van der Waals surface area contributed by atoms with Crippen molar-refractivity contribution in [1.29, 1.82) is 0 Å². The highest BCUT2D eigenvalue weighted by Gasteiger charge is 2.08. The Morgan fingerprint density at radius 1 is 1.11 bits per heavy atom. The smallest absolute Gasteiger partial charge is 0.306 e. The highest BCUT2D eigenvalue weighted by atomic mass is 16.5. The summed E-state index contributed by atoms with van der Waals surface area (Å²) in [5.74, 6) is -0.453. The summed E-state index contributed by atoms with van der Waals surface area (Å²) in [6, 6.07) is 8.01. The molecule has 4 heteroatoms. The first kappa shape index (κ1) is 15.2. The van der Waals surface area contributed by atoms with E-state index in [0.29, 0.717) is 13.2 Å². The van der Waals surface area contributed by atoms with Crippen molar-refractivity contribution in [3.8, 4) is 0 Å². The van der Waals surface area contributed by atoms with Crippen LogP contribution >= 0.6 is 0 Å². The fraction of sp³-hybridized carbons (Fsp3) is 0.467. The highest BCUT2D eigenvalue weighted by Crippen LogP contribution is 2.09. The van der Waals surface area contributed by atoms with E-state index in [1.54, 1.807) is 6.92 Å². The number of carbonyl (C=O) groups is 2. The van der Waals surface area contributed by atoms with Crippen LogP contribution in [-0.2, 0) is 27.3 Å². The van der Waals surface area contributed by atoms with Crippen LogP contribution in [0.15, 0.2) is 24.3 Å². The van der Waals surface area contributed by atoms with E-state index in [4.69, 9.17) is 4.74 Å². The largest absolute Gasteiger partial charge is 0.466 e. The summed E-state index contributed by atoms with van der Waals surface area (Å²) in [5, 5.41) is 2.82. The molecule has 0 atom stereocenters. The SMILES string of the molecule is CCOC(=O)CCC(=O)NCc1ccccc1CC. The lowest BCUT2D eigenvalue weighted by Gasteiger charge is -2.09. The number of ether oxygens (including phenoxy) is 1. The predicted octanol–water partition coefficient (Wildman–Crippen LogP) is 2.21. The molecule has 104 valence electrons. The van der Waals surface area contributed by atoms with Crippen LogP contribution in [0.5, 0.6) is 0 Å². The van der Waals surface area contributed by atoms with Crippen LogP contribution in [-0.4, -0.2) is 18.5 Å². The van der Waals surface area contributed by atoms with Gasteiger partial charge in [-0.05, 0) is 24.5 Å². The number of amides is 1. The molecule has 0 aromatic heterocycles. The molecule has 1 amide bonds. The van der Waals surface area contributed by atoms with Gasteiger partial charge >= 0.3 is 5.97 Å². The van der Waals surface area contributed by atoms with Crippen LogP contribution in [0.1, 0.15) is 37.8 Å². The second-order valence-corrected chi connectivity index (χ2v) is 4.20. The second kappa shape index (κ2) is 8.29. The quantitative estimate of drug-likeness (QED) is 0.767. The maximum absolute atomic E-state index is 11.6. The molecule has 0 unspecified atom stereocenters. The van der Waals surface area contributed by atoms with E-state index in [1.807, 2.05) is 18.2 Å². The summed E-state index contributed by atoms with van der Waals surface area (Å²) >= 11 is 0. The van der Waals surface area contributed by atoms with Crippen molar-refractivity contribution in [2.45, 2.75) is 39.7 Å². The first-order valence-corrected chi connectivity index (χ1v) is 6.66. The zero-order valence-corrected chi connectivity index (χ0v) is 11.6. The summed E-state index contributed by atoms with van der Waals surface area (Å²) in [4.78, 5) is 22.7. The lowest BCUT2D eigenvalue weighted by atomic mass is 10.1. The van der Waals surface area contributed by atoms with Gasteiger partial charge in [0.25, 0.3) is 0 Å². The molecule has 0 spiro atoms. The Morgan fingerprint density at radius 2 is 1.79 bits per heavy atom. The zero-order chi connectivity index (χ0) is 14.1. The number of benzene rings is 1. The van der Waals surface area contributed by atoms with Gasteiger partial charge in [-0.2, -0.15) is 0 Å². The van der Waals surface area contributed by atoms with E-state index in [0.717, 1.165) is 12.0 Å². The van der Waals surface area contributed by atoms with Crippen LogP contribution in [0.3, 0.4) is 0 Å². The van der Waals surface area contributed by atoms with E-state index in [9.17, 15) is 9.59 Å². The molecular formula is C15H21NO3. The van der Waals surface area contributed by atoms with Gasteiger partial charge in [-0.1, -0.05) is 31.2 Å². The number of aryl methyl sites for hydroxylation is 1. The minimum absolute atomic E-state index is 0.126. The molecule has 0 fully saturated rings. The Kier molecular flexibility index (Phi) is 6.64. The van der Waals surface area contributed by atoms with Crippen LogP contribution in [0.2, 0.25) is 0 Å². The normalized spacial score (nSPS) is 10.0. The van der Waals surface area contributed by atoms with Gasteiger partial charge in [-0.15, -0.1) is 0 Å². The lowest BCUT2D eigenvalue weighted by molar-refractivity contribution is -0.144. The van der Waals surface area contributed by atoms with E-state index in [1.165, 1.54) is 5.56 Å². The number of rotatable bonds is 7. The molecule has 1 aromatic rings. The van der Waals surface area contributed by atoms with E-state index < -0.39 is 0 Å². The van der Waals surface area contributed by atoms with Gasteiger partial charge < -0.3 is 10.1 Å². The van der Waals surface area contributed by atoms with Gasteiger partial charge in [-0.25, -0.2) is 0 Å². The standard InChI is InChI=1S/C15H21NO3/c1-3-12-7-5-6-8-13(12)11-16-14(17)9-10-15(18)19-4-2/h5-8H,3-4,9-11H2,1-2H3,(H,16,17). The molecule has 0 aliphatic carbocycles. The number of nitrogens with one attached hydrogen (secondary N) is 1. The van der Waals surface area contributed by atoms with Gasteiger partial charge in [0.1, 0.15) is 0 Å². The summed E-state index contributed by atoms with van der Waals surface area (Å²) < 4.78 is 4.77. The molecule has 0 aliphatic heterocycles. The van der Waals surface area contributed by atoms with Gasteiger partial charge in [-0.3, -0.25) is 9.59 Å². The van der Waals surface area contributed by atoms with Crippen LogP contribution < -0.4 is 5.32 Å². The van der Waals surface area contributed by atoms with Gasteiger partial charge in [0, 0.05) is 13.0 Å². The van der Waals surface area contributed by atoms with Gasteiger partial charge in [0.05, 0.1) is 13.0 Å². The predicted molar refractivity (Wildman–Crippen MR) is 73.5 cm³/mol. The second-order valence-electron chi connectivity index (χ2n) is 4.20. The van der Waals surface area contributed by atoms with Crippen molar-refractivity contribution >= 4 is 11.9 Å². The average Bonchev–Trinajstić information content (AvgIpc) is 2.43. The van der Waals surface area contributed by atoms with E-state index in [2.05, 4.69) is 18.3 Å². The van der Waals surface area contributed by atoms with Crippen molar-refractivity contribution in [2.24, 2.45) is 0 Å². The molecule has 1 rings (SSSR count). The summed E-state index contributed by atoms with van der Waals surface area (Å²) in [5.41, 5.74) is 2.35. The minimum Gasteiger partial charge on any atom is -0.466 e. The maximum atomic E-state index is 11.6. The number of hydrogen-bond donors (Lipinski definition) is 1. The first-order chi connectivity index (χ1) is 9.17. The summed E-state index contributed by atoms with van der Waals surface area (Å²) in [7, 11) is 0. The summed E-state index contributed by atoms with van der Waals surface area (Å²) in [6.45, 7) is 4.69. The molecule has 0 aliphatic rings. The van der Waals surface area contributed by atoms with Crippen LogP contribution in [0.4, 0.5) is 0 Å². The Bertz CT molecular complexity index is 429. The van der Waals surface area contributed by atoms with Gasteiger partial charge in [0.2, 0.25) is 5.91 Å². The van der Waals surface area contributed by atoms with Crippen molar-refractivity contribution in [3.05, 3.63) is 35.4 Å². The molecule has 4 nitrogen and oxygen atoms in total. The number of esters is 1. The third-order valence-electron chi connectivity index (χ3n) is 2.84. The van der Waals surface area contributed by atoms with Crippen molar-refractivity contribution in [3.63, 3.8) is 0 Å². The maximum Gasteiger partial charge on any atom is 0.306 e. The summed E-state index contributed by atoms with van der Waals surface area (Å²) in [6.07, 6.45) is 1.25. The average molecular weight is 263 g/mol. The molecule has 0 bridgehead atoms. The molecular weight excluding hydrogens is 242 g/mol. The van der Waals surface area contributed by atoms with E-state index >= 15 is 0 Å². The van der Waals surface area contributed by atoms with E-state index in [-0.39, 0.29) is 24.7 Å². The molecule has 1 N–H and O–H groups in total. The Balaban J connectivity index is 2.35. The molecule has 0 saturated heterocycles. The minimum atomic E-state index is -0.327. The third kappa shape index (κ3) is 5.55. The fourth-order valence-corrected chi connectivity index (χ4v) is 1.81. The molecule has 1 aromatic carbocycles. The van der Waals surface area contributed by atoms with Crippen LogP contribution in [0, 0.1) is 0 Å². The van der Waals surface area contributed by atoms with Gasteiger partial charge in [0.15, 0.2) is 0 Å². The van der Waals surface area contributed by atoms with Crippen molar-refractivity contribution in [2.75, 3.05) is 6.61 Å². The zero-order valence-electron chi connectivity index (χ0n) is 11.6. The topological polar surface area (TPSA) is 55.4 Å². The van der Waals surface area contributed by atoms with Crippen molar-refractivity contribution in [1.82, 2.24) is 5.32 Å². The molecule has 0 saturated carbocycles. The third-order valence-corrected chi connectivity index (χ3v) is 2.84. The Labute approximate surface area is 114 Å². The first-order valence-electron chi connectivity index (χ1n) is 6.66. The molecule has 0 radical (unpaired) electrons. The number of hydrogen-bond acceptors (Lipinski definition) is 3. The Hall–Kier alpha value is -1.84. The highest BCUT2D eigenvalue weighted by molar-refractivity contribution is 5.81.